The highest BCUT2D eigenvalue weighted by atomic mass is 16.5. The third kappa shape index (κ3) is 4.20. The molecule has 0 unspecified atom stereocenters. The number of benzene rings is 2. The van der Waals surface area contributed by atoms with Gasteiger partial charge in [-0.25, -0.2) is 4.98 Å². The number of para-hydroxylation sites is 1. The summed E-state index contributed by atoms with van der Waals surface area (Å²) in [7, 11) is 1.67. The number of pyridine rings is 1. The Balaban J connectivity index is 1.52. The standard InChI is InChI=1S/C24H26N2O3/c1-17-7-10-24(25-14-17)29-20-11-12-26(15-20)22-9-8-18(13-19(22)16-27)21-5-3-4-6-23(21)28-2/h3-10,13-14,20,27H,11-12,15-16H2,1-2H3/t20-/m0/s1. The van der Waals surface area contributed by atoms with Crippen LogP contribution >= 0.6 is 0 Å². The zero-order valence-electron chi connectivity index (χ0n) is 16.8. The van der Waals surface area contributed by atoms with Crippen molar-refractivity contribution in [1.29, 1.82) is 0 Å². The second-order valence-electron chi connectivity index (χ2n) is 7.35. The minimum Gasteiger partial charge on any atom is -0.496 e. The van der Waals surface area contributed by atoms with E-state index in [9.17, 15) is 5.11 Å². The van der Waals surface area contributed by atoms with Crippen LogP contribution in [0.5, 0.6) is 11.6 Å². The second-order valence-corrected chi connectivity index (χ2v) is 7.35. The molecule has 2 aromatic carbocycles. The molecular weight excluding hydrogens is 364 g/mol. The van der Waals surface area contributed by atoms with Crippen molar-refractivity contribution in [2.24, 2.45) is 0 Å². The van der Waals surface area contributed by atoms with Crippen molar-refractivity contribution in [1.82, 2.24) is 4.98 Å². The summed E-state index contributed by atoms with van der Waals surface area (Å²) in [5, 5.41) is 10.0. The molecule has 0 amide bonds. The number of aryl methyl sites for hydroxylation is 1. The molecule has 4 rings (SSSR count). The van der Waals surface area contributed by atoms with Crippen LogP contribution in [0.15, 0.2) is 60.8 Å². The monoisotopic (exact) mass is 390 g/mol. The van der Waals surface area contributed by atoms with Crippen LogP contribution in [0, 0.1) is 6.92 Å². The maximum atomic E-state index is 10.0. The molecule has 150 valence electrons. The number of aliphatic hydroxyl groups is 1. The summed E-state index contributed by atoms with van der Waals surface area (Å²) >= 11 is 0. The molecule has 0 saturated carbocycles. The van der Waals surface area contributed by atoms with Crippen LogP contribution in [0.4, 0.5) is 5.69 Å². The summed E-state index contributed by atoms with van der Waals surface area (Å²) in [6, 6.07) is 18.1. The van der Waals surface area contributed by atoms with Crippen LogP contribution in [0.3, 0.4) is 0 Å². The van der Waals surface area contributed by atoms with Gasteiger partial charge in [0.2, 0.25) is 5.88 Å². The molecule has 1 saturated heterocycles. The van der Waals surface area contributed by atoms with Crippen molar-refractivity contribution in [3.63, 3.8) is 0 Å². The fourth-order valence-corrected chi connectivity index (χ4v) is 3.81. The molecule has 2 heterocycles. The quantitative estimate of drug-likeness (QED) is 0.683. The summed E-state index contributed by atoms with van der Waals surface area (Å²) in [5.41, 5.74) is 5.13. The van der Waals surface area contributed by atoms with E-state index in [4.69, 9.17) is 9.47 Å². The van der Waals surface area contributed by atoms with Gasteiger partial charge in [0.25, 0.3) is 0 Å². The lowest BCUT2D eigenvalue weighted by Gasteiger charge is -2.22. The third-order valence-electron chi connectivity index (χ3n) is 5.33. The number of aliphatic hydroxyl groups excluding tert-OH is 1. The molecule has 0 spiro atoms. The summed E-state index contributed by atoms with van der Waals surface area (Å²) in [6.07, 6.45) is 2.84. The Morgan fingerprint density at radius 3 is 2.76 bits per heavy atom. The smallest absolute Gasteiger partial charge is 0.213 e. The van der Waals surface area contributed by atoms with E-state index in [2.05, 4.69) is 22.0 Å². The summed E-state index contributed by atoms with van der Waals surface area (Å²) in [5.74, 6) is 1.49. The Bertz CT molecular complexity index is 972. The van der Waals surface area contributed by atoms with Crippen molar-refractivity contribution in [3.05, 3.63) is 71.9 Å². The summed E-state index contributed by atoms with van der Waals surface area (Å²) < 4.78 is 11.5. The first-order chi connectivity index (χ1) is 14.2. The Morgan fingerprint density at radius 2 is 2.00 bits per heavy atom. The average molecular weight is 390 g/mol. The lowest BCUT2D eigenvalue weighted by molar-refractivity contribution is 0.215. The third-order valence-corrected chi connectivity index (χ3v) is 5.33. The molecule has 1 aliphatic rings. The number of rotatable bonds is 6. The lowest BCUT2D eigenvalue weighted by atomic mass is 10.0. The number of hydrogen-bond donors (Lipinski definition) is 1. The average Bonchev–Trinajstić information content (AvgIpc) is 3.23. The first-order valence-corrected chi connectivity index (χ1v) is 9.89. The molecule has 3 aromatic rings. The van der Waals surface area contributed by atoms with Crippen molar-refractivity contribution >= 4 is 5.69 Å². The molecule has 5 heteroatoms. The molecule has 0 bridgehead atoms. The Kier molecular flexibility index (Phi) is 5.67. The zero-order valence-corrected chi connectivity index (χ0v) is 16.8. The number of nitrogens with zero attached hydrogens (tertiary/aromatic N) is 2. The Hall–Kier alpha value is -3.05. The second kappa shape index (κ2) is 8.53. The van der Waals surface area contributed by atoms with Gasteiger partial charge in [-0.1, -0.05) is 30.3 Å². The predicted molar refractivity (Wildman–Crippen MR) is 115 cm³/mol. The van der Waals surface area contributed by atoms with E-state index < -0.39 is 0 Å². The van der Waals surface area contributed by atoms with Crippen LogP contribution in [-0.4, -0.2) is 36.4 Å². The molecule has 1 aromatic heterocycles. The molecule has 1 aliphatic heterocycles. The molecule has 1 fully saturated rings. The van der Waals surface area contributed by atoms with Crippen molar-refractivity contribution in [2.75, 3.05) is 25.1 Å². The highest BCUT2D eigenvalue weighted by Crippen LogP contribution is 2.34. The van der Waals surface area contributed by atoms with Crippen LogP contribution in [0.1, 0.15) is 17.5 Å². The maximum absolute atomic E-state index is 10.0. The largest absolute Gasteiger partial charge is 0.496 e. The first-order valence-electron chi connectivity index (χ1n) is 9.89. The van der Waals surface area contributed by atoms with Gasteiger partial charge in [-0.2, -0.15) is 0 Å². The Labute approximate surface area is 171 Å². The molecule has 1 N–H and O–H groups in total. The lowest BCUT2D eigenvalue weighted by Crippen LogP contribution is -2.25. The number of ether oxygens (including phenoxy) is 2. The van der Waals surface area contributed by atoms with E-state index in [-0.39, 0.29) is 12.7 Å². The maximum Gasteiger partial charge on any atom is 0.213 e. The molecule has 1 atom stereocenters. The topological polar surface area (TPSA) is 54.8 Å². The number of anilines is 1. The predicted octanol–water partition coefficient (Wildman–Crippen LogP) is 4.22. The van der Waals surface area contributed by atoms with Gasteiger partial charge in [-0.05, 0) is 36.2 Å². The molecule has 0 radical (unpaired) electrons. The molecule has 29 heavy (non-hydrogen) atoms. The highest BCUT2D eigenvalue weighted by molar-refractivity contribution is 5.74. The van der Waals surface area contributed by atoms with Crippen LogP contribution in [-0.2, 0) is 6.61 Å². The Morgan fingerprint density at radius 1 is 1.14 bits per heavy atom. The molecule has 0 aliphatic carbocycles. The van der Waals surface area contributed by atoms with Crippen molar-refractivity contribution < 1.29 is 14.6 Å². The summed E-state index contributed by atoms with van der Waals surface area (Å²) in [6.45, 7) is 3.66. The minimum absolute atomic E-state index is 0.0140. The van der Waals surface area contributed by atoms with E-state index in [1.54, 1.807) is 7.11 Å². The number of aromatic nitrogens is 1. The van der Waals surface area contributed by atoms with Crippen LogP contribution in [0.2, 0.25) is 0 Å². The van der Waals surface area contributed by atoms with Gasteiger partial charge in [0.05, 0.1) is 20.3 Å². The fraction of sp³-hybridized carbons (Fsp3) is 0.292. The fourth-order valence-electron chi connectivity index (χ4n) is 3.81. The number of hydrogen-bond acceptors (Lipinski definition) is 5. The van der Waals surface area contributed by atoms with Crippen molar-refractivity contribution in [3.8, 4) is 22.8 Å². The van der Waals surface area contributed by atoms with Gasteiger partial charge in [0, 0.05) is 42.0 Å². The van der Waals surface area contributed by atoms with E-state index in [0.717, 1.165) is 53.2 Å². The zero-order chi connectivity index (χ0) is 20.2. The van der Waals surface area contributed by atoms with E-state index >= 15 is 0 Å². The first kappa shape index (κ1) is 19.3. The van der Waals surface area contributed by atoms with Gasteiger partial charge in [-0.3, -0.25) is 0 Å². The highest BCUT2D eigenvalue weighted by Gasteiger charge is 2.26. The van der Waals surface area contributed by atoms with E-state index in [1.807, 2.05) is 55.6 Å². The van der Waals surface area contributed by atoms with Gasteiger partial charge in [0.15, 0.2) is 0 Å². The molecular formula is C24H26N2O3. The van der Waals surface area contributed by atoms with Crippen LogP contribution in [0.25, 0.3) is 11.1 Å². The van der Waals surface area contributed by atoms with E-state index in [1.165, 1.54) is 0 Å². The molecule has 5 nitrogen and oxygen atoms in total. The van der Waals surface area contributed by atoms with Gasteiger partial charge < -0.3 is 19.5 Å². The van der Waals surface area contributed by atoms with Crippen molar-refractivity contribution in [2.45, 2.75) is 26.1 Å². The van der Waals surface area contributed by atoms with E-state index in [0.29, 0.717) is 5.88 Å². The van der Waals surface area contributed by atoms with Gasteiger partial charge in [-0.15, -0.1) is 0 Å². The summed E-state index contributed by atoms with van der Waals surface area (Å²) in [4.78, 5) is 6.62. The number of methoxy groups -OCH3 is 1. The SMILES string of the molecule is COc1ccccc1-c1ccc(N2CC[C@H](Oc3ccc(C)cn3)C2)c(CO)c1. The minimum atomic E-state index is -0.0140. The van der Waals surface area contributed by atoms with Gasteiger partial charge in [0.1, 0.15) is 11.9 Å². The van der Waals surface area contributed by atoms with Crippen LogP contribution < -0.4 is 14.4 Å². The normalized spacial score (nSPS) is 16.1. The van der Waals surface area contributed by atoms with Gasteiger partial charge >= 0.3 is 0 Å².